The van der Waals surface area contributed by atoms with Crippen molar-refractivity contribution < 1.29 is 23.5 Å². The van der Waals surface area contributed by atoms with E-state index in [9.17, 15) is 14.0 Å². The van der Waals surface area contributed by atoms with Crippen molar-refractivity contribution in [2.45, 2.75) is 32.9 Å². The summed E-state index contributed by atoms with van der Waals surface area (Å²) in [6, 6.07) is 4.56. The van der Waals surface area contributed by atoms with E-state index in [1.165, 1.54) is 17.9 Å². The van der Waals surface area contributed by atoms with Crippen molar-refractivity contribution in [2.24, 2.45) is 0 Å². The Morgan fingerprint density at radius 2 is 1.94 bits per heavy atom. The molecule has 0 aliphatic rings. The van der Waals surface area contributed by atoms with Crippen LogP contribution >= 0.6 is 12.2 Å². The summed E-state index contributed by atoms with van der Waals surface area (Å²) in [6.07, 6.45) is 0.973. The molecule has 0 spiro atoms. The number of carbonyl (C=O) groups is 2. The Balaban J connectivity index is 1.76. The van der Waals surface area contributed by atoms with E-state index in [1.54, 1.807) is 39.1 Å². The fourth-order valence-electron chi connectivity index (χ4n) is 2.46. The first kappa shape index (κ1) is 25.8. The van der Waals surface area contributed by atoms with Gasteiger partial charge >= 0.3 is 6.09 Å². The van der Waals surface area contributed by atoms with Crippen LogP contribution in [0.5, 0.6) is 0 Å². The number of hydrogen-bond acceptors (Lipinski definition) is 8. The molecule has 0 radical (unpaired) electrons. The van der Waals surface area contributed by atoms with Crippen LogP contribution < -0.4 is 21.3 Å². The number of thiocarbonyl (C=S) groups is 1. The van der Waals surface area contributed by atoms with Crippen molar-refractivity contribution in [1.29, 1.82) is 0 Å². The van der Waals surface area contributed by atoms with Crippen LogP contribution in [0.25, 0.3) is 5.69 Å². The third-order valence-electron chi connectivity index (χ3n) is 3.91. The smallest absolute Gasteiger partial charge is 0.408 e. The third kappa shape index (κ3) is 9.27. The Morgan fingerprint density at radius 1 is 1.18 bits per heavy atom. The number of halogens is 1. The number of methoxy groups -OCH3 is 1. The molecule has 2 amide bonds. The number of aromatic nitrogens is 3. The Morgan fingerprint density at radius 3 is 2.61 bits per heavy atom. The second-order valence-electron chi connectivity index (χ2n) is 7.80. The number of amides is 2. The zero-order valence-corrected chi connectivity index (χ0v) is 19.7. The summed E-state index contributed by atoms with van der Waals surface area (Å²) in [6.45, 7) is 5.81. The summed E-state index contributed by atoms with van der Waals surface area (Å²) in [5.41, 5.74) is 0.726. The molecule has 2 rings (SSSR count). The van der Waals surface area contributed by atoms with Crippen molar-refractivity contribution in [2.75, 3.05) is 32.1 Å². The van der Waals surface area contributed by atoms with Gasteiger partial charge in [-0.05, 0) is 45.1 Å². The van der Waals surface area contributed by atoms with Crippen molar-refractivity contribution in [3.63, 3.8) is 0 Å². The standard InChI is InChI=1S/C20H28FN7O4S/c1-20(2,3)32-18(30)24-11-17(29)23-8-7-22-16-6-5-14(9-15(16)21)28-12-13(26-27-28)10-25-19(33)31-4/h5-6,9,12,22H,7-8,10-11H2,1-4H3,(H,23,29)(H,24,30)(H,25,33). The van der Waals surface area contributed by atoms with E-state index in [2.05, 4.69) is 31.6 Å². The van der Waals surface area contributed by atoms with Gasteiger partial charge in [-0.25, -0.2) is 13.9 Å². The van der Waals surface area contributed by atoms with Gasteiger partial charge in [0.1, 0.15) is 17.1 Å². The van der Waals surface area contributed by atoms with Crippen LogP contribution in [0, 0.1) is 5.82 Å². The van der Waals surface area contributed by atoms with Crippen molar-refractivity contribution >= 4 is 35.1 Å². The lowest BCUT2D eigenvalue weighted by Gasteiger charge is -2.19. The van der Waals surface area contributed by atoms with E-state index in [0.717, 1.165) is 0 Å². The number of rotatable bonds is 9. The zero-order chi connectivity index (χ0) is 24.4. The zero-order valence-electron chi connectivity index (χ0n) is 18.9. The van der Waals surface area contributed by atoms with Gasteiger partial charge in [-0.2, -0.15) is 0 Å². The molecule has 0 saturated heterocycles. The molecule has 0 unspecified atom stereocenters. The molecule has 11 nitrogen and oxygen atoms in total. The van der Waals surface area contributed by atoms with Gasteiger partial charge in [-0.1, -0.05) is 5.21 Å². The molecular weight excluding hydrogens is 453 g/mol. The van der Waals surface area contributed by atoms with Gasteiger partial charge in [0, 0.05) is 19.2 Å². The minimum absolute atomic E-state index is 0.218. The van der Waals surface area contributed by atoms with E-state index in [1.807, 2.05) is 0 Å². The predicted molar refractivity (Wildman–Crippen MR) is 123 cm³/mol. The molecule has 1 heterocycles. The van der Waals surface area contributed by atoms with Crippen LogP contribution in [0.4, 0.5) is 14.9 Å². The highest BCUT2D eigenvalue weighted by Crippen LogP contribution is 2.18. The summed E-state index contributed by atoms with van der Waals surface area (Å²) in [7, 11) is 1.46. The summed E-state index contributed by atoms with van der Waals surface area (Å²) in [4.78, 5) is 23.3. The highest BCUT2D eigenvalue weighted by atomic mass is 32.1. The monoisotopic (exact) mass is 481 g/mol. The molecule has 1 aromatic carbocycles. The Labute approximate surface area is 196 Å². The molecule has 0 saturated carbocycles. The normalized spacial score (nSPS) is 10.8. The minimum atomic E-state index is -0.674. The number of hydrogen-bond donors (Lipinski definition) is 4. The number of alkyl carbamates (subject to hydrolysis) is 1. The molecular formula is C20H28FN7O4S. The van der Waals surface area contributed by atoms with Crippen LogP contribution in [0.2, 0.25) is 0 Å². The van der Waals surface area contributed by atoms with Gasteiger partial charge in [0.2, 0.25) is 5.91 Å². The fraction of sp³-hybridized carbons (Fsp3) is 0.450. The quantitative estimate of drug-likeness (QED) is 0.311. The number of anilines is 1. The SMILES string of the molecule is COC(=S)NCc1cn(-c2ccc(NCCNC(=O)CNC(=O)OC(C)(C)C)c(F)c2)nn1. The van der Waals surface area contributed by atoms with Gasteiger partial charge in [0.15, 0.2) is 0 Å². The van der Waals surface area contributed by atoms with E-state index in [0.29, 0.717) is 17.9 Å². The van der Waals surface area contributed by atoms with Gasteiger partial charge in [-0.15, -0.1) is 5.10 Å². The predicted octanol–water partition coefficient (Wildman–Crippen LogP) is 1.48. The maximum atomic E-state index is 14.5. The number of nitrogens with one attached hydrogen (secondary N) is 4. The first-order valence-electron chi connectivity index (χ1n) is 10.1. The summed E-state index contributed by atoms with van der Waals surface area (Å²) < 4.78 is 25.8. The molecule has 0 bridgehead atoms. The third-order valence-corrected chi connectivity index (χ3v) is 4.22. The van der Waals surface area contributed by atoms with Crippen molar-refractivity contribution in [1.82, 2.24) is 30.9 Å². The topological polar surface area (TPSA) is 131 Å². The Hall–Kier alpha value is -3.48. The average Bonchev–Trinajstić information content (AvgIpc) is 3.22. The summed E-state index contributed by atoms with van der Waals surface area (Å²) >= 11 is 4.89. The molecule has 180 valence electrons. The number of ether oxygens (including phenoxy) is 2. The van der Waals surface area contributed by atoms with Crippen molar-refractivity contribution in [3.8, 4) is 5.69 Å². The summed E-state index contributed by atoms with van der Waals surface area (Å²) in [5, 5.41) is 18.9. The maximum Gasteiger partial charge on any atom is 0.408 e. The number of benzene rings is 1. The van der Waals surface area contributed by atoms with Gasteiger partial charge in [-0.3, -0.25) is 4.79 Å². The molecule has 0 aliphatic carbocycles. The van der Waals surface area contributed by atoms with Crippen molar-refractivity contribution in [3.05, 3.63) is 35.9 Å². The maximum absolute atomic E-state index is 14.5. The molecule has 0 atom stereocenters. The summed E-state index contributed by atoms with van der Waals surface area (Å²) in [5.74, 6) is -0.873. The molecule has 1 aromatic heterocycles. The molecule has 2 aromatic rings. The van der Waals surface area contributed by atoms with Crippen LogP contribution in [0.15, 0.2) is 24.4 Å². The van der Waals surface area contributed by atoms with E-state index < -0.39 is 17.5 Å². The lowest BCUT2D eigenvalue weighted by atomic mass is 10.2. The van der Waals surface area contributed by atoms with E-state index >= 15 is 0 Å². The second kappa shape index (κ2) is 11.9. The highest BCUT2D eigenvalue weighted by molar-refractivity contribution is 7.80. The van der Waals surface area contributed by atoms with Crippen LogP contribution in [-0.4, -0.2) is 64.5 Å². The molecule has 33 heavy (non-hydrogen) atoms. The van der Waals surface area contributed by atoms with Crippen LogP contribution in [-0.2, 0) is 20.8 Å². The molecule has 0 aliphatic heterocycles. The number of nitrogens with zero attached hydrogens (tertiary/aromatic N) is 3. The van der Waals surface area contributed by atoms with E-state index in [4.69, 9.17) is 21.7 Å². The molecule has 13 heteroatoms. The number of carbonyl (C=O) groups excluding carboxylic acids is 2. The Kier molecular flexibility index (Phi) is 9.33. The van der Waals surface area contributed by atoms with E-state index in [-0.39, 0.29) is 36.4 Å². The first-order valence-corrected chi connectivity index (χ1v) is 10.5. The minimum Gasteiger partial charge on any atom is -0.474 e. The van der Waals surface area contributed by atoms with Gasteiger partial charge < -0.3 is 30.7 Å². The second-order valence-corrected chi connectivity index (χ2v) is 8.17. The molecule has 0 fully saturated rings. The fourth-order valence-corrected chi connectivity index (χ4v) is 2.53. The molecule has 4 N–H and O–H groups in total. The Bertz CT molecular complexity index is 978. The van der Waals surface area contributed by atoms with Crippen LogP contribution in [0.1, 0.15) is 26.5 Å². The average molecular weight is 482 g/mol. The first-order chi connectivity index (χ1) is 15.6. The largest absolute Gasteiger partial charge is 0.474 e. The van der Waals surface area contributed by atoms with Crippen LogP contribution in [0.3, 0.4) is 0 Å². The highest BCUT2D eigenvalue weighted by Gasteiger charge is 2.16. The van der Waals surface area contributed by atoms with Gasteiger partial charge in [0.05, 0.1) is 37.8 Å². The van der Waals surface area contributed by atoms with Gasteiger partial charge in [0.25, 0.3) is 5.17 Å². The lowest BCUT2D eigenvalue weighted by molar-refractivity contribution is -0.120. The lowest BCUT2D eigenvalue weighted by Crippen LogP contribution is -2.40.